The molecule has 2 amide bonds. The lowest BCUT2D eigenvalue weighted by Crippen LogP contribution is -2.70. The van der Waals surface area contributed by atoms with Gasteiger partial charge < -0.3 is 164 Å². The number of aromatic nitrogens is 1. The predicted molar refractivity (Wildman–Crippen MR) is 382 cm³/mol. The summed E-state index contributed by atoms with van der Waals surface area (Å²) in [6, 6.07) is 2.15. The van der Waals surface area contributed by atoms with Gasteiger partial charge in [0.25, 0.3) is 5.91 Å². The Morgan fingerprint density at radius 2 is 1.13 bits per heavy atom. The zero-order chi connectivity index (χ0) is 79.6. The zero-order valence-electron chi connectivity index (χ0n) is 62.9. The number of aliphatic hydroxyl groups is 16. The molecule has 38 heteroatoms. The van der Waals surface area contributed by atoms with Gasteiger partial charge in [0.05, 0.1) is 102 Å². The SMILES string of the molecule is CCCCCCCCCCCCCCCCCC(=O)N[C@@H](COC1OC(CO)C(OC2OC(CO)C(OC3OC(CO)C(O)C(OC4OC(CO)C(O)C(O)C4O)C3C)C(OC3(NOC=O)CC(O)C(C)C([C@H](O)[C@H](O)CO)O3)C2O)C(O)C1O)[C@H](O)/C=C/C(=O)Nc1ccc(N2CCOCC2)nc1N1CCOCC1. The third-order valence-electron chi connectivity index (χ3n) is 21.3. The molecule has 0 radical (unpaired) electrons. The molecule has 0 bridgehead atoms. The first kappa shape index (κ1) is 91.3. The Morgan fingerprint density at radius 1 is 0.600 bits per heavy atom. The van der Waals surface area contributed by atoms with Crippen LogP contribution in [0.15, 0.2) is 24.3 Å². The molecule has 8 rings (SSSR count). The molecule has 0 aromatic carbocycles. The fourth-order valence-electron chi connectivity index (χ4n) is 14.7. The number of rotatable bonds is 44. The van der Waals surface area contributed by atoms with Crippen molar-refractivity contribution in [3.63, 3.8) is 0 Å². The molecular formula is C72H122N6O32. The number of pyridine rings is 1. The molecule has 0 aliphatic carbocycles. The van der Waals surface area contributed by atoms with Crippen LogP contribution in [0.4, 0.5) is 17.3 Å². The third-order valence-corrected chi connectivity index (χ3v) is 21.3. The van der Waals surface area contributed by atoms with Crippen molar-refractivity contribution in [2.75, 3.05) is 107 Å². The third kappa shape index (κ3) is 24.9. The van der Waals surface area contributed by atoms with Gasteiger partial charge in [0, 0.05) is 56.9 Å². The van der Waals surface area contributed by atoms with Crippen molar-refractivity contribution in [3.05, 3.63) is 24.3 Å². The van der Waals surface area contributed by atoms with Gasteiger partial charge in [-0.3, -0.25) is 14.4 Å². The Bertz CT molecular complexity index is 2860. The van der Waals surface area contributed by atoms with Crippen molar-refractivity contribution in [3.8, 4) is 0 Å². The van der Waals surface area contributed by atoms with Crippen LogP contribution in [0.1, 0.15) is 130 Å². The fraction of sp³-hybridized carbons (Fsp3) is 0.861. The van der Waals surface area contributed by atoms with Crippen LogP contribution >= 0.6 is 0 Å². The summed E-state index contributed by atoms with van der Waals surface area (Å²) in [7, 11) is 0. The monoisotopic (exact) mass is 1580 g/mol. The Balaban J connectivity index is 0.999. The minimum Gasteiger partial charge on any atom is -0.394 e. The first-order chi connectivity index (χ1) is 52.9. The first-order valence-corrected chi connectivity index (χ1v) is 38.9. The van der Waals surface area contributed by atoms with Gasteiger partial charge in [-0.05, 0) is 24.6 Å². The van der Waals surface area contributed by atoms with E-state index in [0.717, 1.165) is 44.3 Å². The van der Waals surface area contributed by atoms with Crippen LogP contribution in [0.5, 0.6) is 0 Å². The van der Waals surface area contributed by atoms with Crippen molar-refractivity contribution < 1.29 is 158 Å². The Labute approximate surface area is 639 Å². The minimum atomic E-state index is -2.75. The highest BCUT2D eigenvalue weighted by atomic mass is 16.8. The largest absolute Gasteiger partial charge is 0.394 e. The molecule has 110 heavy (non-hydrogen) atoms. The van der Waals surface area contributed by atoms with Crippen LogP contribution < -0.4 is 25.9 Å². The van der Waals surface area contributed by atoms with Gasteiger partial charge in [-0.25, -0.2) is 4.98 Å². The Hall–Kier alpha value is -4.26. The van der Waals surface area contributed by atoms with E-state index in [9.17, 15) is 96.1 Å². The number of hydroxylamine groups is 1. The molecule has 24 unspecified atom stereocenters. The molecule has 0 saturated carbocycles. The number of carbonyl (C=O) groups is 3. The predicted octanol–water partition coefficient (Wildman–Crippen LogP) is -4.22. The van der Waals surface area contributed by atoms with Gasteiger partial charge in [-0.15, -0.1) is 0 Å². The number of aliphatic hydroxyl groups excluding tert-OH is 16. The van der Waals surface area contributed by atoms with E-state index >= 15 is 0 Å². The summed E-state index contributed by atoms with van der Waals surface area (Å²) in [6.07, 6.45) is -27.1. The van der Waals surface area contributed by atoms with Gasteiger partial charge in [0.15, 0.2) is 31.0 Å². The molecule has 1 aromatic rings. The second-order valence-corrected chi connectivity index (χ2v) is 29.4. The van der Waals surface area contributed by atoms with Gasteiger partial charge in [-0.1, -0.05) is 116 Å². The second kappa shape index (κ2) is 45.9. The fourth-order valence-corrected chi connectivity index (χ4v) is 14.7. The Morgan fingerprint density at radius 3 is 1.73 bits per heavy atom. The lowest BCUT2D eigenvalue weighted by Gasteiger charge is -2.53. The Kier molecular flexibility index (Phi) is 38.1. The van der Waals surface area contributed by atoms with E-state index in [-0.39, 0.29) is 12.9 Å². The number of unbranched alkanes of at least 4 members (excludes halogenated alkanes) is 14. The van der Waals surface area contributed by atoms with Crippen LogP contribution in [0, 0.1) is 11.8 Å². The second-order valence-electron chi connectivity index (χ2n) is 29.4. The van der Waals surface area contributed by atoms with E-state index in [0.29, 0.717) is 76.4 Å². The molecule has 7 saturated heterocycles. The summed E-state index contributed by atoms with van der Waals surface area (Å²) in [5.41, 5.74) is 2.56. The molecule has 19 N–H and O–H groups in total. The molecule has 7 fully saturated rings. The number of carbonyl (C=O) groups excluding carboxylic acids is 3. The highest BCUT2D eigenvalue weighted by molar-refractivity contribution is 6.01. The number of hydrogen-bond acceptors (Lipinski definition) is 36. The van der Waals surface area contributed by atoms with Gasteiger partial charge in [0.2, 0.25) is 11.8 Å². The molecule has 1 aromatic heterocycles. The van der Waals surface area contributed by atoms with Gasteiger partial charge >= 0.3 is 6.47 Å². The number of nitrogens with zero attached hydrogens (tertiary/aromatic N) is 3. The number of hydrogen-bond donors (Lipinski definition) is 19. The average Bonchev–Trinajstić information content (AvgIpc) is 0.756. The quantitative estimate of drug-likeness (QED) is 0.00968. The summed E-state index contributed by atoms with van der Waals surface area (Å²) in [4.78, 5) is 53.5. The minimum absolute atomic E-state index is 0.0453. The van der Waals surface area contributed by atoms with Gasteiger partial charge in [0.1, 0.15) is 103 Å². The molecule has 7 aliphatic rings. The maximum Gasteiger partial charge on any atom is 0.312 e. The first-order valence-electron chi connectivity index (χ1n) is 38.9. The van der Waals surface area contributed by atoms with Crippen molar-refractivity contribution in [1.82, 2.24) is 15.8 Å². The number of amides is 2. The molecule has 7 aliphatic heterocycles. The highest BCUT2D eigenvalue weighted by Crippen LogP contribution is 2.42. The van der Waals surface area contributed by atoms with Crippen molar-refractivity contribution >= 4 is 35.6 Å². The molecule has 38 nitrogen and oxygen atoms in total. The van der Waals surface area contributed by atoms with E-state index in [1.54, 1.807) is 12.1 Å². The van der Waals surface area contributed by atoms with E-state index in [2.05, 4.69) is 27.9 Å². The van der Waals surface area contributed by atoms with E-state index in [4.69, 9.17) is 66.7 Å². The standard InChI is InChI=1S/C72H122N6O32/c1-4-5-6-7-8-9-10-11-12-13-14-15-16-17-18-19-52(88)74-43(44(85)21-23-53(89)73-42-20-22-51(77-24-28-98-29-25-77)75-67(42)78-26-30-99-31-27-78)38-100-69-60(96)58(94)64(49(36-82)104-69)107-71-61(97)66(110-72(76-101-39-84)32-45(86)40(2)63(109-72)54(90)46(87)33-79)65(50(37-83)105-71)108-68-41(3)62(56(92)48(35-81)102-68)106-70-59(95)57(93)55(91)47(34-80)103-70/h20-23,39-41,43-50,54-66,68-71,76,79-83,85-87,90-97H,4-19,24-38H2,1-3H3,(H,73,89)(H,74,88)/b23-21+/t40?,41?,43-,44+,45?,46+,47?,48?,49?,50?,54+,55?,56?,57?,58?,59?,60?,61?,62?,63?,64?,65?,66?,68?,69?,70?,71?,72?/m0/s1. The van der Waals surface area contributed by atoms with E-state index < -0.39 is 229 Å². The summed E-state index contributed by atoms with van der Waals surface area (Å²) >= 11 is 0. The zero-order valence-corrected chi connectivity index (χ0v) is 62.9. The maximum absolute atomic E-state index is 13.8. The van der Waals surface area contributed by atoms with Crippen LogP contribution in [-0.4, -0.2) is 356 Å². The van der Waals surface area contributed by atoms with Crippen LogP contribution in [0.25, 0.3) is 0 Å². The number of nitrogens with one attached hydrogen (secondary N) is 3. The lowest BCUT2D eigenvalue weighted by atomic mass is 9.86. The number of ether oxygens (including phenoxy) is 12. The van der Waals surface area contributed by atoms with Crippen LogP contribution in [0.2, 0.25) is 0 Å². The average molecular weight is 1580 g/mol. The summed E-state index contributed by atoms with van der Waals surface area (Å²) < 4.78 is 72.2. The summed E-state index contributed by atoms with van der Waals surface area (Å²) in [5, 5.41) is 184. The van der Waals surface area contributed by atoms with Crippen LogP contribution in [0.3, 0.4) is 0 Å². The topological polar surface area (TPSA) is 550 Å². The van der Waals surface area contributed by atoms with E-state index in [1.165, 1.54) is 71.6 Å². The number of anilines is 3. The molecule has 0 spiro atoms. The summed E-state index contributed by atoms with van der Waals surface area (Å²) in [5.74, 6) is -5.12. The van der Waals surface area contributed by atoms with Crippen molar-refractivity contribution in [2.24, 2.45) is 11.8 Å². The molecule has 28 atom stereocenters. The lowest BCUT2D eigenvalue weighted by molar-refractivity contribution is -0.426. The van der Waals surface area contributed by atoms with Gasteiger partial charge in [-0.2, -0.15) is 0 Å². The molecule has 8 heterocycles. The summed E-state index contributed by atoms with van der Waals surface area (Å²) in [6.45, 7) is 3.30. The normalized spacial score (nSPS) is 35.7. The van der Waals surface area contributed by atoms with E-state index in [1.807, 2.05) is 4.90 Å². The molecule has 632 valence electrons. The van der Waals surface area contributed by atoms with Crippen molar-refractivity contribution in [1.29, 1.82) is 0 Å². The highest BCUT2D eigenvalue weighted by Gasteiger charge is 2.60. The smallest absolute Gasteiger partial charge is 0.312 e. The number of morpholine rings is 2. The van der Waals surface area contributed by atoms with Crippen molar-refractivity contribution in [2.45, 2.75) is 289 Å². The molecular weight excluding hydrogens is 1460 g/mol. The van der Waals surface area contributed by atoms with Crippen LogP contribution in [-0.2, 0) is 76.1 Å². The maximum atomic E-state index is 13.8.